The lowest BCUT2D eigenvalue weighted by molar-refractivity contribution is 0.620. The molecule has 0 aliphatic carbocycles. The van der Waals surface area contributed by atoms with E-state index in [0.29, 0.717) is 11.1 Å². The first kappa shape index (κ1) is 10.9. The summed E-state index contributed by atoms with van der Waals surface area (Å²) in [6, 6.07) is 7.20. The summed E-state index contributed by atoms with van der Waals surface area (Å²) >= 11 is 0. The second-order valence-corrected chi connectivity index (χ2v) is 3.92. The Labute approximate surface area is 94.5 Å². The summed E-state index contributed by atoms with van der Waals surface area (Å²) in [5.74, 6) is 0.602. The van der Waals surface area contributed by atoms with Crippen molar-refractivity contribution in [3.05, 3.63) is 35.6 Å². The molecule has 0 spiro atoms. The molecule has 2 nitrogen and oxygen atoms in total. The lowest BCUT2D eigenvalue weighted by atomic mass is 10.1. The van der Waals surface area contributed by atoms with Gasteiger partial charge in [0, 0.05) is 18.0 Å². The van der Waals surface area contributed by atoms with Crippen LogP contribution in [0.2, 0.25) is 0 Å². The third kappa shape index (κ3) is 2.13. The average molecular weight is 218 g/mol. The van der Waals surface area contributed by atoms with Crippen LogP contribution in [0.4, 0.5) is 10.2 Å². The zero-order valence-electron chi connectivity index (χ0n) is 9.55. The molecule has 0 amide bonds. The van der Waals surface area contributed by atoms with Gasteiger partial charge in [-0.05, 0) is 37.1 Å². The molecule has 84 valence electrons. The fourth-order valence-electron chi connectivity index (χ4n) is 1.61. The molecule has 1 aromatic carbocycles. The number of fused-ring (bicyclic) bond motifs is 1. The van der Waals surface area contributed by atoms with Crippen LogP contribution >= 0.6 is 0 Å². The molecule has 2 aromatic rings. The molecule has 1 N–H and O–H groups in total. The van der Waals surface area contributed by atoms with Crippen molar-refractivity contribution in [2.45, 2.75) is 20.3 Å². The summed E-state index contributed by atoms with van der Waals surface area (Å²) in [4.78, 5) is 4.36. The first-order valence-electron chi connectivity index (χ1n) is 5.51. The Balaban J connectivity index is 2.41. The predicted molar refractivity (Wildman–Crippen MR) is 65.2 cm³/mol. The topological polar surface area (TPSA) is 24.9 Å². The molecule has 0 radical (unpaired) electrons. The van der Waals surface area contributed by atoms with E-state index in [0.717, 1.165) is 24.2 Å². The van der Waals surface area contributed by atoms with Crippen LogP contribution in [0.15, 0.2) is 24.3 Å². The molecule has 3 heteroatoms. The molecule has 16 heavy (non-hydrogen) atoms. The van der Waals surface area contributed by atoms with Crippen LogP contribution in [0.5, 0.6) is 0 Å². The number of aromatic nitrogens is 1. The van der Waals surface area contributed by atoms with E-state index in [1.54, 1.807) is 6.92 Å². The normalized spacial score (nSPS) is 10.7. The number of hydrogen-bond donors (Lipinski definition) is 1. The number of pyridine rings is 1. The second-order valence-electron chi connectivity index (χ2n) is 3.92. The van der Waals surface area contributed by atoms with Crippen molar-refractivity contribution in [2.75, 3.05) is 11.9 Å². The van der Waals surface area contributed by atoms with Crippen LogP contribution in [-0.2, 0) is 0 Å². The Morgan fingerprint density at radius 1 is 1.31 bits per heavy atom. The first-order valence-corrected chi connectivity index (χ1v) is 5.51. The summed E-state index contributed by atoms with van der Waals surface area (Å²) in [5, 5.41) is 4.16. The molecular weight excluding hydrogens is 203 g/mol. The molecule has 0 unspecified atom stereocenters. The maximum Gasteiger partial charge on any atom is 0.128 e. The van der Waals surface area contributed by atoms with Crippen molar-refractivity contribution in [3.8, 4) is 0 Å². The Bertz CT molecular complexity index is 509. The van der Waals surface area contributed by atoms with Gasteiger partial charge in [0.2, 0.25) is 0 Å². The van der Waals surface area contributed by atoms with Gasteiger partial charge in [0.15, 0.2) is 0 Å². The highest BCUT2D eigenvalue weighted by atomic mass is 19.1. The van der Waals surface area contributed by atoms with Crippen molar-refractivity contribution in [3.63, 3.8) is 0 Å². The maximum absolute atomic E-state index is 13.4. The monoisotopic (exact) mass is 218 g/mol. The van der Waals surface area contributed by atoms with E-state index in [1.165, 1.54) is 6.07 Å². The third-order valence-corrected chi connectivity index (χ3v) is 2.53. The third-order valence-electron chi connectivity index (χ3n) is 2.53. The average Bonchev–Trinajstić information content (AvgIpc) is 2.28. The molecule has 2 rings (SSSR count). The zero-order chi connectivity index (χ0) is 11.5. The van der Waals surface area contributed by atoms with Gasteiger partial charge in [0.05, 0.1) is 5.52 Å². The number of nitrogens with one attached hydrogen (secondary N) is 1. The van der Waals surface area contributed by atoms with Gasteiger partial charge >= 0.3 is 0 Å². The molecule has 0 bridgehead atoms. The lowest BCUT2D eigenvalue weighted by Crippen LogP contribution is -2.01. The molecule has 0 saturated heterocycles. The number of aryl methyl sites for hydroxylation is 1. The zero-order valence-corrected chi connectivity index (χ0v) is 9.55. The van der Waals surface area contributed by atoms with Gasteiger partial charge in [0.25, 0.3) is 0 Å². The summed E-state index contributed by atoms with van der Waals surface area (Å²) < 4.78 is 13.4. The Kier molecular flexibility index (Phi) is 3.04. The van der Waals surface area contributed by atoms with E-state index >= 15 is 0 Å². The highest BCUT2D eigenvalue weighted by Crippen LogP contribution is 2.19. The minimum Gasteiger partial charge on any atom is -0.370 e. The lowest BCUT2D eigenvalue weighted by Gasteiger charge is -2.06. The molecular formula is C13H15FN2. The second kappa shape index (κ2) is 4.47. The Morgan fingerprint density at radius 2 is 2.12 bits per heavy atom. The van der Waals surface area contributed by atoms with Gasteiger partial charge in [-0.1, -0.05) is 6.92 Å². The summed E-state index contributed by atoms with van der Waals surface area (Å²) in [6.07, 6.45) is 1.04. The number of anilines is 1. The van der Waals surface area contributed by atoms with E-state index in [4.69, 9.17) is 0 Å². The summed E-state index contributed by atoms with van der Waals surface area (Å²) in [6.45, 7) is 4.74. The highest BCUT2D eigenvalue weighted by Gasteiger charge is 2.02. The molecule has 0 aliphatic rings. The smallest absolute Gasteiger partial charge is 0.128 e. The van der Waals surface area contributed by atoms with Crippen molar-refractivity contribution < 1.29 is 4.39 Å². The molecule has 1 aromatic heterocycles. The van der Waals surface area contributed by atoms with Gasteiger partial charge in [-0.25, -0.2) is 9.37 Å². The summed E-state index contributed by atoms with van der Waals surface area (Å²) in [5.41, 5.74) is 1.35. The van der Waals surface area contributed by atoms with E-state index in [9.17, 15) is 4.39 Å². The van der Waals surface area contributed by atoms with Gasteiger partial charge in [-0.15, -0.1) is 0 Å². The van der Waals surface area contributed by atoms with E-state index in [-0.39, 0.29) is 5.82 Å². The molecule has 1 heterocycles. The van der Waals surface area contributed by atoms with Gasteiger partial charge in [0.1, 0.15) is 11.6 Å². The van der Waals surface area contributed by atoms with Crippen LogP contribution in [-0.4, -0.2) is 11.5 Å². The number of halogens is 1. The Morgan fingerprint density at radius 3 is 2.88 bits per heavy atom. The number of rotatable bonds is 3. The van der Waals surface area contributed by atoms with Crippen molar-refractivity contribution in [1.29, 1.82) is 0 Å². The van der Waals surface area contributed by atoms with Crippen LogP contribution in [0, 0.1) is 12.7 Å². The minimum atomic E-state index is -0.201. The largest absolute Gasteiger partial charge is 0.370 e. The number of nitrogens with zero attached hydrogens (tertiary/aromatic N) is 1. The van der Waals surface area contributed by atoms with Gasteiger partial charge < -0.3 is 5.32 Å². The standard InChI is InChI=1S/C13H15FN2/c1-3-6-15-13-5-4-10-7-9(2)11(14)8-12(10)16-13/h4-5,7-8H,3,6H2,1-2H3,(H,15,16). The Hall–Kier alpha value is -1.64. The van der Waals surface area contributed by atoms with E-state index in [1.807, 2.05) is 18.2 Å². The quantitative estimate of drug-likeness (QED) is 0.852. The number of hydrogen-bond acceptors (Lipinski definition) is 2. The molecule has 0 aliphatic heterocycles. The van der Waals surface area contributed by atoms with Crippen molar-refractivity contribution in [2.24, 2.45) is 0 Å². The van der Waals surface area contributed by atoms with Crippen LogP contribution in [0.25, 0.3) is 10.9 Å². The first-order chi connectivity index (χ1) is 7.70. The number of benzene rings is 1. The van der Waals surface area contributed by atoms with Crippen molar-refractivity contribution >= 4 is 16.7 Å². The van der Waals surface area contributed by atoms with E-state index < -0.39 is 0 Å². The maximum atomic E-state index is 13.4. The molecule has 0 atom stereocenters. The minimum absolute atomic E-state index is 0.201. The van der Waals surface area contributed by atoms with Gasteiger partial charge in [-0.3, -0.25) is 0 Å². The van der Waals surface area contributed by atoms with Crippen molar-refractivity contribution in [1.82, 2.24) is 4.98 Å². The van der Waals surface area contributed by atoms with Crippen LogP contribution in [0.3, 0.4) is 0 Å². The van der Waals surface area contributed by atoms with Crippen LogP contribution in [0.1, 0.15) is 18.9 Å². The summed E-state index contributed by atoms with van der Waals surface area (Å²) in [7, 11) is 0. The fourth-order valence-corrected chi connectivity index (χ4v) is 1.61. The highest BCUT2D eigenvalue weighted by molar-refractivity contribution is 5.81. The predicted octanol–water partition coefficient (Wildman–Crippen LogP) is 3.50. The SMILES string of the molecule is CCCNc1ccc2cc(C)c(F)cc2n1. The molecule has 0 saturated carbocycles. The fraction of sp³-hybridized carbons (Fsp3) is 0.308. The van der Waals surface area contributed by atoms with E-state index in [2.05, 4.69) is 17.2 Å². The van der Waals surface area contributed by atoms with Crippen LogP contribution < -0.4 is 5.32 Å². The van der Waals surface area contributed by atoms with Gasteiger partial charge in [-0.2, -0.15) is 0 Å². The molecule has 0 fully saturated rings.